The fraction of sp³-hybridized carbons (Fsp3) is 0.950. The Morgan fingerprint density at radius 1 is 1.04 bits per heavy atom. The fourth-order valence-corrected chi connectivity index (χ4v) is 4.16. The summed E-state index contributed by atoms with van der Waals surface area (Å²) in [5.41, 5.74) is 0. The van der Waals surface area contributed by atoms with Gasteiger partial charge in [-0.2, -0.15) is 0 Å². The monoisotopic (exact) mass is 385 g/mol. The standard InChI is InChI=1S/C20H35NO6/c1-2-3-17(27-20(22)18-14-16-4-5-19(18)26-16)15-21-6-8-23-10-12-25-13-11-24-9-7-21/h16-19H,2-15H2,1H3. The van der Waals surface area contributed by atoms with Crippen LogP contribution in [0.15, 0.2) is 0 Å². The summed E-state index contributed by atoms with van der Waals surface area (Å²) < 4.78 is 28.5. The Labute approximate surface area is 162 Å². The molecule has 0 aromatic rings. The van der Waals surface area contributed by atoms with Crippen molar-refractivity contribution in [3.05, 3.63) is 0 Å². The van der Waals surface area contributed by atoms with E-state index in [9.17, 15) is 4.79 Å². The Kier molecular flexibility index (Phi) is 8.80. The van der Waals surface area contributed by atoms with Gasteiger partial charge in [0.25, 0.3) is 0 Å². The van der Waals surface area contributed by atoms with Crippen molar-refractivity contribution in [1.82, 2.24) is 4.90 Å². The molecule has 0 N–H and O–H groups in total. The third-order valence-corrected chi connectivity index (χ3v) is 5.61. The summed E-state index contributed by atoms with van der Waals surface area (Å²) in [4.78, 5) is 15.0. The summed E-state index contributed by atoms with van der Waals surface area (Å²) in [6.07, 6.45) is 5.04. The van der Waals surface area contributed by atoms with E-state index in [1.807, 2.05) is 0 Å². The molecular weight excluding hydrogens is 350 g/mol. The fourth-order valence-electron chi connectivity index (χ4n) is 4.16. The van der Waals surface area contributed by atoms with Gasteiger partial charge in [0, 0.05) is 19.6 Å². The summed E-state index contributed by atoms with van der Waals surface area (Å²) in [5.74, 6) is -0.138. The van der Waals surface area contributed by atoms with Gasteiger partial charge in [-0.05, 0) is 25.7 Å². The number of hydrogen-bond donors (Lipinski definition) is 0. The number of nitrogens with zero attached hydrogens (tertiary/aromatic N) is 1. The molecule has 0 saturated carbocycles. The molecule has 0 amide bonds. The van der Waals surface area contributed by atoms with Crippen LogP contribution in [0.5, 0.6) is 0 Å². The van der Waals surface area contributed by atoms with Crippen LogP contribution in [0.3, 0.4) is 0 Å². The molecule has 4 atom stereocenters. The van der Waals surface area contributed by atoms with Crippen LogP contribution in [0.2, 0.25) is 0 Å². The van der Waals surface area contributed by atoms with Crippen molar-refractivity contribution in [3.63, 3.8) is 0 Å². The van der Waals surface area contributed by atoms with E-state index in [0.717, 1.165) is 51.7 Å². The molecule has 2 bridgehead atoms. The Morgan fingerprint density at radius 2 is 1.70 bits per heavy atom. The molecule has 0 aliphatic carbocycles. The number of ether oxygens (including phenoxy) is 5. The second-order valence-electron chi connectivity index (χ2n) is 7.70. The van der Waals surface area contributed by atoms with Crippen molar-refractivity contribution in [2.45, 2.75) is 57.3 Å². The molecule has 3 heterocycles. The highest BCUT2D eigenvalue weighted by molar-refractivity contribution is 5.74. The Bertz CT molecular complexity index is 436. The molecule has 0 spiro atoms. The number of fused-ring (bicyclic) bond motifs is 2. The maximum Gasteiger partial charge on any atom is 0.311 e. The summed E-state index contributed by atoms with van der Waals surface area (Å²) in [5, 5.41) is 0. The van der Waals surface area contributed by atoms with Gasteiger partial charge >= 0.3 is 5.97 Å². The van der Waals surface area contributed by atoms with Gasteiger partial charge in [0.15, 0.2) is 0 Å². The molecule has 4 unspecified atom stereocenters. The molecule has 3 fully saturated rings. The van der Waals surface area contributed by atoms with Gasteiger partial charge in [0.2, 0.25) is 0 Å². The minimum Gasteiger partial charge on any atom is -0.461 e. The molecule has 0 radical (unpaired) electrons. The van der Waals surface area contributed by atoms with Crippen LogP contribution in [-0.4, -0.2) is 88.5 Å². The van der Waals surface area contributed by atoms with Crippen LogP contribution in [0, 0.1) is 5.92 Å². The van der Waals surface area contributed by atoms with Gasteiger partial charge in [-0.25, -0.2) is 0 Å². The SMILES string of the molecule is CCCC(CN1CCOCCOCCOCC1)OC(=O)C1CC2CCC1O2. The first-order chi connectivity index (χ1) is 13.3. The van der Waals surface area contributed by atoms with Crippen LogP contribution >= 0.6 is 0 Å². The quantitative estimate of drug-likeness (QED) is 0.644. The number of esters is 1. The molecule has 3 saturated heterocycles. The predicted octanol–water partition coefficient (Wildman–Crippen LogP) is 1.63. The van der Waals surface area contributed by atoms with E-state index in [2.05, 4.69) is 11.8 Å². The van der Waals surface area contributed by atoms with E-state index in [1.54, 1.807) is 0 Å². The lowest BCUT2D eigenvalue weighted by Gasteiger charge is -2.29. The minimum atomic E-state index is -0.0853. The van der Waals surface area contributed by atoms with E-state index in [0.29, 0.717) is 39.6 Å². The summed E-state index contributed by atoms with van der Waals surface area (Å²) in [6.45, 7) is 8.17. The zero-order chi connectivity index (χ0) is 18.9. The highest BCUT2D eigenvalue weighted by Gasteiger charge is 2.45. The molecule has 156 valence electrons. The normalized spacial score (nSPS) is 31.8. The van der Waals surface area contributed by atoms with Crippen LogP contribution < -0.4 is 0 Å². The van der Waals surface area contributed by atoms with Gasteiger partial charge in [0.05, 0.1) is 57.8 Å². The van der Waals surface area contributed by atoms with Crippen molar-refractivity contribution in [3.8, 4) is 0 Å². The minimum absolute atomic E-state index is 0.0684. The number of carbonyl (C=O) groups is 1. The molecule has 0 aromatic carbocycles. The molecule has 7 nitrogen and oxygen atoms in total. The van der Waals surface area contributed by atoms with Crippen molar-refractivity contribution in [2.24, 2.45) is 5.92 Å². The van der Waals surface area contributed by atoms with E-state index >= 15 is 0 Å². The zero-order valence-corrected chi connectivity index (χ0v) is 16.6. The van der Waals surface area contributed by atoms with Crippen LogP contribution in [-0.2, 0) is 28.5 Å². The highest BCUT2D eigenvalue weighted by atomic mass is 16.6. The van der Waals surface area contributed by atoms with Crippen molar-refractivity contribution in [2.75, 3.05) is 59.3 Å². The second kappa shape index (κ2) is 11.3. The van der Waals surface area contributed by atoms with Gasteiger partial charge < -0.3 is 23.7 Å². The summed E-state index contributed by atoms with van der Waals surface area (Å²) in [6, 6.07) is 0. The van der Waals surface area contributed by atoms with E-state index in [4.69, 9.17) is 23.7 Å². The molecule has 0 aromatic heterocycles. The first-order valence-corrected chi connectivity index (χ1v) is 10.6. The van der Waals surface area contributed by atoms with E-state index in [1.165, 1.54) is 0 Å². The first kappa shape index (κ1) is 21.0. The smallest absolute Gasteiger partial charge is 0.311 e. The number of carbonyl (C=O) groups excluding carboxylic acids is 1. The Hall–Kier alpha value is -0.730. The van der Waals surface area contributed by atoms with Gasteiger partial charge in [-0.15, -0.1) is 0 Å². The summed E-state index contributed by atoms with van der Waals surface area (Å²) in [7, 11) is 0. The topological polar surface area (TPSA) is 66.5 Å². The van der Waals surface area contributed by atoms with Crippen LogP contribution in [0.25, 0.3) is 0 Å². The van der Waals surface area contributed by atoms with Crippen LogP contribution in [0.1, 0.15) is 39.0 Å². The van der Waals surface area contributed by atoms with Crippen molar-refractivity contribution in [1.29, 1.82) is 0 Å². The molecule has 7 heteroatoms. The molecular formula is C20H35NO6. The average Bonchev–Trinajstić information content (AvgIpc) is 3.27. The number of hydrogen-bond acceptors (Lipinski definition) is 7. The molecule has 3 aliphatic rings. The third kappa shape index (κ3) is 6.68. The lowest BCUT2D eigenvalue weighted by atomic mass is 9.89. The maximum atomic E-state index is 12.7. The van der Waals surface area contributed by atoms with Crippen molar-refractivity contribution < 1.29 is 28.5 Å². The van der Waals surface area contributed by atoms with Gasteiger partial charge in [-0.3, -0.25) is 9.69 Å². The van der Waals surface area contributed by atoms with E-state index in [-0.39, 0.29) is 30.2 Å². The maximum absolute atomic E-state index is 12.7. The second-order valence-corrected chi connectivity index (χ2v) is 7.70. The number of rotatable bonds is 6. The zero-order valence-electron chi connectivity index (χ0n) is 16.6. The lowest BCUT2D eigenvalue weighted by Crippen LogP contribution is -2.41. The predicted molar refractivity (Wildman–Crippen MR) is 99.7 cm³/mol. The Morgan fingerprint density at radius 3 is 2.26 bits per heavy atom. The molecule has 3 aliphatic heterocycles. The average molecular weight is 386 g/mol. The highest BCUT2D eigenvalue weighted by Crippen LogP contribution is 2.39. The Balaban J connectivity index is 1.48. The first-order valence-electron chi connectivity index (χ1n) is 10.6. The summed E-state index contributed by atoms with van der Waals surface area (Å²) >= 11 is 0. The lowest BCUT2D eigenvalue weighted by molar-refractivity contribution is -0.157. The van der Waals surface area contributed by atoms with Gasteiger partial charge in [-0.1, -0.05) is 13.3 Å². The van der Waals surface area contributed by atoms with Crippen LogP contribution in [0.4, 0.5) is 0 Å². The van der Waals surface area contributed by atoms with Gasteiger partial charge in [0.1, 0.15) is 6.10 Å². The third-order valence-electron chi connectivity index (χ3n) is 5.61. The molecule has 27 heavy (non-hydrogen) atoms. The van der Waals surface area contributed by atoms with E-state index < -0.39 is 0 Å². The molecule has 3 rings (SSSR count). The largest absolute Gasteiger partial charge is 0.461 e. The van der Waals surface area contributed by atoms with Crippen molar-refractivity contribution >= 4 is 5.97 Å².